The second-order valence-corrected chi connectivity index (χ2v) is 9.29. The Bertz CT molecular complexity index is 901. The van der Waals surface area contributed by atoms with Crippen LogP contribution in [0, 0.1) is 6.92 Å². The van der Waals surface area contributed by atoms with Gasteiger partial charge in [0.05, 0.1) is 23.2 Å². The molecule has 26 heavy (non-hydrogen) atoms. The van der Waals surface area contributed by atoms with E-state index in [2.05, 4.69) is 10.4 Å². The summed E-state index contributed by atoms with van der Waals surface area (Å²) in [6.45, 7) is 5.96. The van der Waals surface area contributed by atoms with Gasteiger partial charge in [-0.1, -0.05) is 36.8 Å². The first-order valence-electron chi connectivity index (χ1n) is 8.97. The summed E-state index contributed by atoms with van der Waals surface area (Å²) in [5.41, 5.74) is 3.17. The van der Waals surface area contributed by atoms with Crippen molar-refractivity contribution in [3.63, 3.8) is 0 Å². The molecule has 1 N–H and O–H groups in total. The van der Waals surface area contributed by atoms with Gasteiger partial charge in [-0.2, -0.15) is 5.10 Å². The highest BCUT2D eigenvalue weighted by molar-refractivity contribution is 7.91. The van der Waals surface area contributed by atoms with Crippen LogP contribution in [0.5, 0.6) is 0 Å². The number of rotatable bonds is 5. The van der Waals surface area contributed by atoms with Crippen LogP contribution in [0.25, 0.3) is 11.3 Å². The van der Waals surface area contributed by atoms with Crippen LogP contribution in [0.4, 0.5) is 0 Å². The van der Waals surface area contributed by atoms with E-state index in [4.69, 9.17) is 0 Å². The first-order valence-corrected chi connectivity index (χ1v) is 10.8. The zero-order chi connectivity index (χ0) is 18.9. The molecule has 1 amide bonds. The number of sulfone groups is 1. The number of aryl methyl sites for hydroxylation is 1. The lowest BCUT2D eigenvalue weighted by atomic mass is 10.1. The van der Waals surface area contributed by atoms with E-state index in [1.54, 1.807) is 10.7 Å². The lowest BCUT2D eigenvalue weighted by molar-refractivity contribution is 0.0933. The van der Waals surface area contributed by atoms with Gasteiger partial charge in [0, 0.05) is 6.04 Å². The molecule has 1 aromatic heterocycles. The van der Waals surface area contributed by atoms with Crippen molar-refractivity contribution in [1.29, 1.82) is 0 Å². The average molecular weight is 375 g/mol. The summed E-state index contributed by atoms with van der Waals surface area (Å²) in [6.07, 6.45) is 1.35. The van der Waals surface area contributed by atoms with Crippen molar-refractivity contribution in [1.82, 2.24) is 15.1 Å². The molecule has 2 heterocycles. The molecule has 1 fully saturated rings. The molecule has 0 unspecified atom stereocenters. The highest BCUT2D eigenvalue weighted by Crippen LogP contribution is 2.30. The summed E-state index contributed by atoms with van der Waals surface area (Å²) in [5.74, 6) is 0.00601. The molecule has 3 rings (SSSR count). The summed E-state index contributed by atoms with van der Waals surface area (Å²) in [7, 11) is -3.04. The highest BCUT2D eigenvalue weighted by Gasteiger charge is 2.32. The highest BCUT2D eigenvalue weighted by atomic mass is 32.2. The Morgan fingerprint density at radius 2 is 2.04 bits per heavy atom. The molecule has 1 saturated heterocycles. The summed E-state index contributed by atoms with van der Waals surface area (Å²) in [5, 5.41) is 7.40. The minimum absolute atomic E-state index is 0.0577. The maximum absolute atomic E-state index is 12.5. The maximum Gasteiger partial charge on any atom is 0.272 e. The fraction of sp³-hybridized carbons (Fsp3) is 0.474. The van der Waals surface area contributed by atoms with Crippen molar-refractivity contribution in [2.45, 2.75) is 45.7 Å². The van der Waals surface area contributed by atoms with E-state index in [1.807, 2.05) is 45.0 Å². The summed E-state index contributed by atoms with van der Waals surface area (Å²) < 4.78 is 25.5. The Hall–Kier alpha value is -2.15. The van der Waals surface area contributed by atoms with Crippen LogP contribution in [-0.2, 0) is 9.84 Å². The molecule has 2 atom stereocenters. The van der Waals surface area contributed by atoms with Crippen molar-refractivity contribution in [2.24, 2.45) is 0 Å². The number of amides is 1. The molecule has 6 nitrogen and oxygen atoms in total. The summed E-state index contributed by atoms with van der Waals surface area (Å²) in [4.78, 5) is 12.5. The standard InChI is InChI=1S/C19H25N3O3S/c1-4-14(3)20-19(23)17-11-18(15-7-5-13(2)6-8-15)22(21-17)16-9-10-26(24,25)12-16/h5-8,11,14,16H,4,9-10,12H2,1-3H3,(H,20,23)/t14-,16-/m1/s1. The van der Waals surface area contributed by atoms with E-state index in [-0.39, 0.29) is 29.5 Å². The van der Waals surface area contributed by atoms with Crippen LogP contribution >= 0.6 is 0 Å². The van der Waals surface area contributed by atoms with Crippen molar-refractivity contribution >= 4 is 15.7 Å². The van der Waals surface area contributed by atoms with E-state index < -0.39 is 9.84 Å². The third kappa shape index (κ3) is 3.98. The van der Waals surface area contributed by atoms with Gasteiger partial charge in [-0.25, -0.2) is 8.42 Å². The van der Waals surface area contributed by atoms with Crippen LogP contribution in [0.1, 0.15) is 48.8 Å². The molecule has 1 aliphatic heterocycles. The molecule has 0 aliphatic carbocycles. The number of carbonyl (C=O) groups is 1. The van der Waals surface area contributed by atoms with E-state index in [1.165, 1.54) is 0 Å². The number of nitrogens with zero attached hydrogens (tertiary/aromatic N) is 2. The monoisotopic (exact) mass is 375 g/mol. The molecule has 0 spiro atoms. The Kier molecular flexibility index (Phi) is 5.18. The molecule has 140 valence electrons. The number of hydrogen-bond donors (Lipinski definition) is 1. The fourth-order valence-electron chi connectivity index (χ4n) is 3.09. The number of carbonyl (C=O) groups excluding carboxylic acids is 1. The lowest BCUT2D eigenvalue weighted by Gasteiger charge is -2.13. The number of benzene rings is 1. The van der Waals surface area contributed by atoms with E-state index in [9.17, 15) is 13.2 Å². The summed E-state index contributed by atoms with van der Waals surface area (Å²) in [6, 6.07) is 9.52. The Morgan fingerprint density at radius 1 is 1.35 bits per heavy atom. The van der Waals surface area contributed by atoms with Crippen molar-refractivity contribution in [2.75, 3.05) is 11.5 Å². The van der Waals surface area contributed by atoms with Crippen LogP contribution < -0.4 is 5.32 Å². The number of hydrogen-bond acceptors (Lipinski definition) is 4. The molecule has 2 aromatic rings. The second-order valence-electron chi connectivity index (χ2n) is 7.07. The van der Waals surface area contributed by atoms with Gasteiger partial charge in [-0.3, -0.25) is 9.48 Å². The van der Waals surface area contributed by atoms with Crippen molar-refractivity contribution in [3.8, 4) is 11.3 Å². The SMILES string of the molecule is CC[C@@H](C)NC(=O)c1cc(-c2ccc(C)cc2)n([C@@H]2CCS(=O)(=O)C2)n1. The molecular weight excluding hydrogens is 350 g/mol. The zero-order valence-corrected chi connectivity index (χ0v) is 16.2. The predicted molar refractivity (Wildman–Crippen MR) is 102 cm³/mol. The largest absolute Gasteiger partial charge is 0.348 e. The zero-order valence-electron chi connectivity index (χ0n) is 15.4. The first kappa shape index (κ1) is 18.6. The van der Waals surface area contributed by atoms with Crippen LogP contribution in [0.15, 0.2) is 30.3 Å². The molecular formula is C19H25N3O3S. The molecule has 1 aromatic carbocycles. The summed E-state index contributed by atoms with van der Waals surface area (Å²) >= 11 is 0. The van der Waals surface area contributed by atoms with Gasteiger partial charge in [-0.05, 0) is 38.3 Å². The Labute approximate surface area is 154 Å². The van der Waals surface area contributed by atoms with E-state index in [0.717, 1.165) is 23.2 Å². The third-order valence-corrected chi connectivity index (χ3v) is 6.61. The Balaban J connectivity index is 2.00. The molecule has 0 radical (unpaired) electrons. The lowest BCUT2D eigenvalue weighted by Crippen LogP contribution is -2.32. The number of aromatic nitrogens is 2. The Morgan fingerprint density at radius 3 is 2.62 bits per heavy atom. The topological polar surface area (TPSA) is 81.1 Å². The van der Waals surface area contributed by atoms with Crippen molar-refractivity contribution in [3.05, 3.63) is 41.6 Å². The van der Waals surface area contributed by atoms with Gasteiger partial charge >= 0.3 is 0 Å². The van der Waals surface area contributed by atoms with Gasteiger partial charge in [0.2, 0.25) is 0 Å². The maximum atomic E-state index is 12.5. The van der Waals surface area contributed by atoms with Crippen LogP contribution in [-0.4, -0.2) is 41.7 Å². The molecule has 0 saturated carbocycles. The smallest absolute Gasteiger partial charge is 0.272 e. The van der Waals surface area contributed by atoms with Gasteiger partial charge in [0.15, 0.2) is 15.5 Å². The van der Waals surface area contributed by atoms with Crippen molar-refractivity contribution < 1.29 is 13.2 Å². The minimum atomic E-state index is -3.04. The van der Waals surface area contributed by atoms with Crippen LogP contribution in [0.2, 0.25) is 0 Å². The quantitative estimate of drug-likeness (QED) is 0.871. The normalized spacial score (nSPS) is 20.0. The van der Waals surface area contributed by atoms with Gasteiger partial charge in [-0.15, -0.1) is 0 Å². The van der Waals surface area contributed by atoms with Crippen LogP contribution in [0.3, 0.4) is 0 Å². The van der Waals surface area contributed by atoms with Gasteiger partial charge in [0.1, 0.15) is 0 Å². The van der Waals surface area contributed by atoms with Gasteiger partial charge in [0.25, 0.3) is 5.91 Å². The van der Waals surface area contributed by atoms with E-state index >= 15 is 0 Å². The minimum Gasteiger partial charge on any atom is -0.348 e. The molecule has 1 aliphatic rings. The third-order valence-electron chi connectivity index (χ3n) is 4.86. The average Bonchev–Trinajstić information content (AvgIpc) is 3.18. The fourth-order valence-corrected chi connectivity index (χ4v) is 4.78. The molecule has 7 heteroatoms. The predicted octanol–water partition coefficient (Wildman–Crippen LogP) is 2.75. The molecule has 0 bridgehead atoms. The second kappa shape index (κ2) is 7.23. The van der Waals surface area contributed by atoms with E-state index in [0.29, 0.717) is 12.1 Å². The number of nitrogens with one attached hydrogen (secondary N) is 1. The first-order chi connectivity index (χ1) is 12.3. The van der Waals surface area contributed by atoms with Gasteiger partial charge < -0.3 is 5.32 Å².